The van der Waals surface area contributed by atoms with Gasteiger partial charge >= 0.3 is 6.18 Å². The molecule has 0 aliphatic rings. The van der Waals surface area contributed by atoms with Gasteiger partial charge in [0.1, 0.15) is 0 Å². The number of halogens is 3. The third kappa shape index (κ3) is 6.87. The van der Waals surface area contributed by atoms with Crippen LogP contribution in [0.3, 0.4) is 0 Å². The van der Waals surface area contributed by atoms with Crippen LogP contribution in [0.1, 0.15) is 34.1 Å². The molecule has 0 aromatic rings. The Balaban J connectivity index is 3.81. The van der Waals surface area contributed by atoms with Crippen LogP contribution < -0.4 is 5.32 Å². The van der Waals surface area contributed by atoms with Gasteiger partial charge in [0.15, 0.2) is 0 Å². The van der Waals surface area contributed by atoms with E-state index in [1.807, 2.05) is 20.8 Å². The molecule has 0 heterocycles. The molecule has 0 aliphatic heterocycles. The molecule has 0 spiro atoms. The molecule has 0 aromatic heterocycles. The predicted octanol–water partition coefficient (Wildman–Crippen LogP) is 2.96. The van der Waals surface area contributed by atoms with Gasteiger partial charge in [-0.2, -0.15) is 13.2 Å². The van der Waals surface area contributed by atoms with Crippen molar-refractivity contribution in [3.63, 3.8) is 0 Å². The SMILES string of the molecule is CC(CC(F)(F)F)NC(C)C(C)C. The van der Waals surface area contributed by atoms with Gasteiger partial charge in [0.2, 0.25) is 0 Å². The first-order valence-corrected chi connectivity index (χ1v) is 4.55. The molecule has 1 nitrogen and oxygen atoms in total. The molecule has 2 atom stereocenters. The zero-order chi connectivity index (χ0) is 10.6. The average molecular weight is 197 g/mol. The van der Waals surface area contributed by atoms with E-state index in [4.69, 9.17) is 0 Å². The summed E-state index contributed by atoms with van der Waals surface area (Å²) in [5.41, 5.74) is 0. The highest BCUT2D eigenvalue weighted by Crippen LogP contribution is 2.21. The number of hydrogen-bond acceptors (Lipinski definition) is 1. The highest BCUT2D eigenvalue weighted by molar-refractivity contribution is 4.72. The van der Waals surface area contributed by atoms with Crippen LogP contribution in [-0.4, -0.2) is 18.3 Å². The monoisotopic (exact) mass is 197 g/mol. The third-order valence-electron chi connectivity index (χ3n) is 2.09. The van der Waals surface area contributed by atoms with Crippen molar-refractivity contribution in [2.24, 2.45) is 5.92 Å². The van der Waals surface area contributed by atoms with Crippen LogP contribution in [0, 0.1) is 5.92 Å². The van der Waals surface area contributed by atoms with Gasteiger partial charge in [-0.3, -0.25) is 0 Å². The Bertz CT molecular complexity index is 142. The number of nitrogens with one attached hydrogen (secondary N) is 1. The van der Waals surface area contributed by atoms with Crippen molar-refractivity contribution in [1.29, 1.82) is 0 Å². The van der Waals surface area contributed by atoms with E-state index in [0.717, 1.165) is 0 Å². The van der Waals surface area contributed by atoms with E-state index in [-0.39, 0.29) is 6.04 Å². The van der Waals surface area contributed by atoms with Gasteiger partial charge in [0.05, 0.1) is 6.42 Å². The maximum atomic E-state index is 11.9. The van der Waals surface area contributed by atoms with E-state index < -0.39 is 18.6 Å². The maximum absolute atomic E-state index is 11.9. The van der Waals surface area contributed by atoms with Gasteiger partial charge in [-0.05, 0) is 19.8 Å². The zero-order valence-electron chi connectivity index (χ0n) is 8.57. The summed E-state index contributed by atoms with van der Waals surface area (Å²) >= 11 is 0. The first-order chi connectivity index (χ1) is 5.72. The molecular weight excluding hydrogens is 179 g/mol. The lowest BCUT2D eigenvalue weighted by atomic mass is 10.0. The minimum atomic E-state index is -4.07. The van der Waals surface area contributed by atoms with Crippen LogP contribution in [0.2, 0.25) is 0 Å². The van der Waals surface area contributed by atoms with Crippen molar-refractivity contribution in [1.82, 2.24) is 5.32 Å². The third-order valence-corrected chi connectivity index (χ3v) is 2.09. The molecule has 1 N–H and O–H groups in total. The Labute approximate surface area is 77.7 Å². The van der Waals surface area contributed by atoms with Gasteiger partial charge in [0, 0.05) is 12.1 Å². The first kappa shape index (κ1) is 12.8. The molecule has 13 heavy (non-hydrogen) atoms. The van der Waals surface area contributed by atoms with Crippen molar-refractivity contribution in [3.05, 3.63) is 0 Å². The summed E-state index contributed by atoms with van der Waals surface area (Å²) < 4.78 is 35.8. The van der Waals surface area contributed by atoms with Crippen LogP contribution in [-0.2, 0) is 0 Å². The summed E-state index contributed by atoms with van der Waals surface area (Å²) in [7, 11) is 0. The molecular formula is C9H18F3N. The fourth-order valence-corrected chi connectivity index (χ4v) is 1.05. The normalized spacial score (nSPS) is 17.5. The van der Waals surface area contributed by atoms with Crippen molar-refractivity contribution in [3.8, 4) is 0 Å². The zero-order valence-corrected chi connectivity index (χ0v) is 8.57. The molecule has 2 unspecified atom stereocenters. The molecule has 0 rings (SSSR count). The molecule has 0 amide bonds. The standard InChI is InChI=1S/C9H18F3N/c1-6(2)8(4)13-7(3)5-9(10,11)12/h6-8,13H,5H2,1-4H3. The highest BCUT2D eigenvalue weighted by atomic mass is 19.4. The van der Waals surface area contributed by atoms with Crippen LogP contribution in [0.4, 0.5) is 13.2 Å². The summed E-state index contributed by atoms with van der Waals surface area (Å²) in [6.07, 6.45) is -4.83. The van der Waals surface area contributed by atoms with Crippen molar-refractivity contribution in [2.45, 2.75) is 52.4 Å². The van der Waals surface area contributed by atoms with Crippen molar-refractivity contribution < 1.29 is 13.2 Å². The van der Waals surface area contributed by atoms with E-state index in [1.54, 1.807) is 6.92 Å². The van der Waals surface area contributed by atoms with Gasteiger partial charge in [-0.1, -0.05) is 13.8 Å². The van der Waals surface area contributed by atoms with Crippen LogP contribution in [0.5, 0.6) is 0 Å². The quantitative estimate of drug-likeness (QED) is 0.730. The second kappa shape index (κ2) is 4.84. The molecule has 0 bridgehead atoms. The Morgan fingerprint density at radius 1 is 1.08 bits per heavy atom. The fraction of sp³-hybridized carbons (Fsp3) is 1.00. The topological polar surface area (TPSA) is 12.0 Å². The van der Waals surface area contributed by atoms with E-state index in [9.17, 15) is 13.2 Å². The van der Waals surface area contributed by atoms with E-state index in [1.165, 1.54) is 0 Å². The smallest absolute Gasteiger partial charge is 0.311 e. The van der Waals surface area contributed by atoms with Gasteiger partial charge < -0.3 is 5.32 Å². The van der Waals surface area contributed by atoms with E-state index >= 15 is 0 Å². The predicted molar refractivity (Wildman–Crippen MR) is 47.6 cm³/mol. The maximum Gasteiger partial charge on any atom is 0.390 e. The lowest BCUT2D eigenvalue weighted by molar-refractivity contribution is -0.139. The molecule has 80 valence electrons. The molecule has 0 saturated carbocycles. The second-order valence-corrected chi connectivity index (χ2v) is 3.92. The van der Waals surface area contributed by atoms with Crippen LogP contribution in [0.25, 0.3) is 0 Å². The Hall–Kier alpha value is -0.250. The molecule has 4 heteroatoms. The largest absolute Gasteiger partial charge is 0.390 e. The summed E-state index contributed by atoms with van der Waals surface area (Å²) in [5, 5.41) is 2.92. The average Bonchev–Trinajstić information content (AvgIpc) is 1.81. The van der Waals surface area contributed by atoms with Crippen LogP contribution in [0.15, 0.2) is 0 Å². The van der Waals surface area contributed by atoms with E-state index in [2.05, 4.69) is 5.32 Å². The van der Waals surface area contributed by atoms with Crippen molar-refractivity contribution >= 4 is 0 Å². The molecule has 0 aromatic carbocycles. The summed E-state index contributed by atoms with van der Waals surface area (Å²) in [5.74, 6) is 0.357. The number of hydrogen-bond donors (Lipinski definition) is 1. The second-order valence-electron chi connectivity index (χ2n) is 3.92. The highest BCUT2D eigenvalue weighted by Gasteiger charge is 2.30. The Morgan fingerprint density at radius 3 is 1.85 bits per heavy atom. The lowest BCUT2D eigenvalue weighted by Crippen LogP contribution is -2.40. The number of rotatable bonds is 4. The Kier molecular flexibility index (Phi) is 4.75. The summed E-state index contributed by atoms with van der Waals surface area (Å²) in [6, 6.07) is -0.380. The summed E-state index contributed by atoms with van der Waals surface area (Å²) in [4.78, 5) is 0. The van der Waals surface area contributed by atoms with Gasteiger partial charge in [-0.25, -0.2) is 0 Å². The van der Waals surface area contributed by atoms with Gasteiger partial charge in [0.25, 0.3) is 0 Å². The minimum Gasteiger partial charge on any atom is -0.311 e. The van der Waals surface area contributed by atoms with Gasteiger partial charge in [-0.15, -0.1) is 0 Å². The Morgan fingerprint density at radius 2 is 1.54 bits per heavy atom. The minimum absolute atomic E-state index is 0.123. The molecule has 0 radical (unpaired) electrons. The molecule has 0 saturated heterocycles. The van der Waals surface area contributed by atoms with Crippen LogP contribution >= 0.6 is 0 Å². The van der Waals surface area contributed by atoms with E-state index in [0.29, 0.717) is 5.92 Å². The first-order valence-electron chi connectivity index (χ1n) is 4.55. The molecule has 0 aliphatic carbocycles. The summed E-state index contributed by atoms with van der Waals surface area (Å²) in [6.45, 7) is 7.43. The number of alkyl halides is 3. The van der Waals surface area contributed by atoms with Crippen molar-refractivity contribution in [2.75, 3.05) is 0 Å². The lowest BCUT2D eigenvalue weighted by Gasteiger charge is -2.23. The molecule has 0 fully saturated rings. The fourth-order valence-electron chi connectivity index (χ4n) is 1.05.